The van der Waals surface area contributed by atoms with Crippen LogP contribution in [0.1, 0.15) is 0 Å². The zero-order valence-electron chi connectivity index (χ0n) is 33.2. The summed E-state index contributed by atoms with van der Waals surface area (Å²) >= 11 is 0. The van der Waals surface area contributed by atoms with E-state index in [-0.39, 0.29) is 0 Å². The molecule has 0 aliphatic heterocycles. The molecule has 2 heterocycles. The van der Waals surface area contributed by atoms with E-state index < -0.39 is 0 Å². The Morgan fingerprint density at radius 2 is 0.984 bits per heavy atom. The van der Waals surface area contributed by atoms with E-state index in [2.05, 4.69) is 228 Å². The Balaban J connectivity index is 1.06. The third kappa shape index (κ3) is 5.82. The summed E-state index contributed by atoms with van der Waals surface area (Å²) in [4.78, 5) is 2.40. The van der Waals surface area contributed by atoms with Gasteiger partial charge in [0.15, 0.2) is 0 Å². The molecule has 0 spiro atoms. The van der Waals surface area contributed by atoms with Crippen LogP contribution in [0.25, 0.3) is 93.6 Å². The third-order valence-electron chi connectivity index (χ3n) is 12.2. The molecule has 0 saturated heterocycles. The van der Waals surface area contributed by atoms with Crippen LogP contribution >= 0.6 is 0 Å². The summed E-state index contributed by atoms with van der Waals surface area (Å²) in [6.45, 7) is 0. The summed E-state index contributed by atoms with van der Waals surface area (Å²) in [5, 5.41) is 7.15. The van der Waals surface area contributed by atoms with Gasteiger partial charge in [0.25, 0.3) is 0 Å². The predicted octanol–water partition coefficient (Wildman–Crippen LogP) is 16.3. The van der Waals surface area contributed by atoms with Crippen LogP contribution < -0.4 is 4.90 Å². The van der Waals surface area contributed by atoms with E-state index in [0.717, 1.165) is 72.5 Å². The molecule has 286 valence electrons. The van der Waals surface area contributed by atoms with Crippen molar-refractivity contribution in [2.45, 2.75) is 0 Å². The second kappa shape index (κ2) is 14.3. The number of rotatable bonds is 7. The lowest BCUT2D eigenvalue weighted by atomic mass is 9.90. The van der Waals surface area contributed by atoms with Gasteiger partial charge in [-0.15, -0.1) is 0 Å². The fourth-order valence-corrected chi connectivity index (χ4v) is 9.40. The van der Waals surface area contributed by atoms with E-state index in [1.54, 1.807) is 0 Å². The summed E-state index contributed by atoms with van der Waals surface area (Å²) in [5.74, 6) is 0. The van der Waals surface area contributed by atoms with Crippen LogP contribution in [-0.2, 0) is 0 Å². The van der Waals surface area contributed by atoms with Crippen molar-refractivity contribution in [3.8, 4) is 39.1 Å². The van der Waals surface area contributed by atoms with Crippen molar-refractivity contribution in [2.75, 3.05) is 4.90 Å². The van der Waals surface area contributed by atoms with E-state index in [0.29, 0.717) is 0 Å². The third-order valence-corrected chi connectivity index (χ3v) is 12.2. The molecule has 0 fully saturated rings. The number of benzene rings is 10. The Bertz CT molecular complexity index is 3580. The van der Waals surface area contributed by atoms with Gasteiger partial charge in [-0.1, -0.05) is 158 Å². The molecule has 2 aromatic heterocycles. The summed E-state index contributed by atoms with van der Waals surface area (Å²) in [6, 6.07) is 83.0. The Hall–Kier alpha value is -8.14. The molecule has 0 atom stereocenters. The second-order valence-corrected chi connectivity index (χ2v) is 15.7. The molecule has 0 N–H and O–H groups in total. The van der Waals surface area contributed by atoms with Gasteiger partial charge in [-0.05, 0) is 106 Å². The highest BCUT2D eigenvalue weighted by Crippen LogP contribution is 2.47. The lowest BCUT2D eigenvalue weighted by Gasteiger charge is -2.29. The lowest BCUT2D eigenvalue weighted by molar-refractivity contribution is 0.669. The van der Waals surface area contributed by atoms with Gasteiger partial charge in [0.1, 0.15) is 11.2 Å². The number of fused-ring (bicyclic) bond motifs is 7. The molecule has 0 aliphatic rings. The van der Waals surface area contributed by atoms with Gasteiger partial charge in [0.05, 0.1) is 16.7 Å². The first-order valence-corrected chi connectivity index (χ1v) is 20.8. The van der Waals surface area contributed by atoms with Gasteiger partial charge >= 0.3 is 0 Å². The summed E-state index contributed by atoms with van der Waals surface area (Å²) in [6.07, 6.45) is 0. The van der Waals surface area contributed by atoms with E-state index >= 15 is 0 Å². The highest BCUT2D eigenvalue weighted by Gasteiger charge is 2.22. The van der Waals surface area contributed by atoms with Crippen LogP contribution in [0.4, 0.5) is 17.1 Å². The predicted molar refractivity (Wildman–Crippen MR) is 257 cm³/mol. The van der Waals surface area contributed by atoms with E-state index in [1.807, 2.05) is 12.1 Å². The second-order valence-electron chi connectivity index (χ2n) is 15.7. The Morgan fingerprint density at radius 1 is 0.361 bits per heavy atom. The van der Waals surface area contributed by atoms with E-state index in [4.69, 9.17) is 4.42 Å². The van der Waals surface area contributed by atoms with Crippen molar-refractivity contribution in [2.24, 2.45) is 0 Å². The number of aromatic nitrogens is 1. The van der Waals surface area contributed by atoms with E-state index in [1.165, 1.54) is 38.1 Å². The Labute approximate surface area is 353 Å². The van der Waals surface area contributed by atoms with Crippen LogP contribution in [-0.4, -0.2) is 4.57 Å². The molecule has 61 heavy (non-hydrogen) atoms. The molecule has 3 heteroatoms. The molecule has 10 aromatic carbocycles. The van der Waals surface area contributed by atoms with E-state index in [9.17, 15) is 0 Å². The van der Waals surface area contributed by atoms with Crippen molar-refractivity contribution in [1.29, 1.82) is 0 Å². The molecule has 0 aliphatic carbocycles. The molecule has 0 unspecified atom stereocenters. The minimum atomic E-state index is 0.880. The maximum atomic E-state index is 6.45. The van der Waals surface area contributed by atoms with Gasteiger partial charge in [-0.3, -0.25) is 0 Å². The van der Waals surface area contributed by atoms with Crippen LogP contribution in [0, 0.1) is 0 Å². The molecule has 0 radical (unpaired) electrons. The van der Waals surface area contributed by atoms with Crippen molar-refractivity contribution in [3.05, 3.63) is 231 Å². The van der Waals surface area contributed by atoms with Crippen LogP contribution in [0.15, 0.2) is 235 Å². The molecule has 0 bridgehead atoms. The number of nitrogens with zero attached hydrogens (tertiary/aromatic N) is 2. The Morgan fingerprint density at radius 3 is 1.84 bits per heavy atom. The quantitative estimate of drug-likeness (QED) is 0.161. The van der Waals surface area contributed by atoms with Gasteiger partial charge in [0.2, 0.25) is 0 Å². The number of para-hydroxylation sites is 5. The topological polar surface area (TPSA) is 21.3 Å². The molecule has 0 amide bonds. The molecular weight excluding hydrogens is 741 g/mol. The molecule has 0 saturated carbocycles. The highest BCUT2D eigenvalue weighted by molar-refractivity contribution is 6.14. The van der Waals surface area contributed by atoms with Crippen molar-refractivity contribution < 1.29 is 4.42 Å². The highest BCUT2D eigenvalue weighted by atomic mass is 16.3. The summed E-state index contributed by atoms with van der Waals surface area (Å²) in [7, 11) is 0. The van der Waals surface area contributed by atoms with Crippen LogP contribution in [0.3, 0.4) is 0 Å². The first-order chi connectivity index (χ1) is 30.3. The summed E-state index contributed by atoms with van der Waals surface area (Å²) < 4.78 is 8.86. The maximum absolute atomic E-state index is 6.45. The molecule has 3 nitrogen and oxygen atoms in total. The first-order valence-electron chi connectivity index (χ1n) is 20.8. The zero-order valence-corrected chi connectivity index (χ0v) is 33.2. The number of furan rings is 1. The Kier molecular flexibility index (Phi) is 8.17. The zero-order chi connectivity index (χ0) is 40.3. The van der Waals surface area contributed by atoms with Gasteiger partial charge in [-0.25, -0.2) is 0 Å². The van der Waals surface area contributed by atoms with Gasteiger partial charge < -0.3 is 13.9 Å². The number of hydrogen-bond donors (Lipinski definition) is 0. The smallest absolute Gasteiger partial charge is 0.136 e. The lowest BCUT2D eigenvalue weighted by Crippen LogP contribution is -2.11. The average molecular weight is 779 g/mol. The number of anilines is 3. The normalized spacial score (nSPS) is 11.6. The fourth-order valence-electron chi connectivity index (χ4n) is 9.40. The van der Waals surface area contributed by atoms with Crippen molar-refractivity contribution in [1.82, 2.24) is 4.57 Å². The summed E-state index contributed by atoms with van der Waals surface area (Å²) in [5.41, 5.74) is 15.4. The van der Waals surface area contributed by atoms with Crippen LogP contribution in [0.5, 0.6) is 0 Å². The minimum Gasteiger partial charge on any atom is -0.456 e. The van der Waals surface area contributed by atoms with Gasteiger partial charge in [0, 0.05) is 49.7 Å². The molecule has 12 aromatic rings. The average Bonchev–Trinajstić information content (AvgIpc) is 3.88. The SMILES string of the molecule is c1ccc(N(c2ccc(-c3cccc4c5ccccc5n(-c5ccccc5)c34)cc2)c2cccc(-c3ccc4c(c3)oc3ccccc34)c2-c2ccc3ccccc3c2)cc1. The monoisotopic (exact) mass is 778 g/mol. The largest absolute Gasteiger partial charge is 0.456 e. The minimum absolute atomic E-state index is 0.880. The molecule has 12 rings (SSSR count). The van der Waals surface area contributed by atoms with Gasteiger partial charge in [-0.2, -0.15) is 0 Å². The fraction of sp³-hybridized carbons (Fsp3) is 0. The maximum Gasteiger partial charge on any atom is 0.136 e. The standard InChI is InChI=1S/C58H38N2O/c1-3-17-44(18-4-1)59(46-34-31-40(32-35-46)48-24-13-25-52-49-21-9-11-26-53(49)60(58(48)52)45-19-5-2-6-20-45)54-27-14-23-47(57(54)43-30-29-39-15-7-8-16-41(39)37-43)42-33-36-51-50-22-10-12-28-55(50)61-56(51)38-42/h1-38H. The van der Waals surface area contributed by atoms with Crippen molar-refractivity contribution in [3.63, 3.8) is 0 Å². The first kappa shape index (κ1) is 34.9. The molecular formula is C58H38N2O. The number of hydrogen-bond acceptors (Lipinski definition) is 2. The van der Waals surface area contributed by atoms with Crippen molar-refractivity contribution >= 4 is 71.6 Å². The van der Waals surface area contributed by atoms with Crippen LogP contribution in [0.2, 0.25) is 0 Å².